The molecule has 2 aromatic rings. The van der Waals surface area contributed by atoms with E-state index in [2.05, 4.69) is 20.9 Å². The number of nitrogens with zero attached hydrogens (tertiary/aromatic N) is 1. The van der Waals surface area contributed by atoms with E-state index in [4.69, 9.17) is 4.74 Å². The van der Waals surface area contributed by atoms with Crippen molar-refractivity contribution in [3.8, 4) is 5.75 Å². The Hall–Kier alpha value is -2.73. The summed E-state index contributed by atoms with van der Waals surface area (Å²) in [5.74, 6) is -1.06. The molecule has 0 heterocycles. The van der Waals surface area contributed by atoms with E-state index >= 15 is 0 Å². The Morgan fingerprint density at radius 1 is 1.11 bits per heavy atom. The van der Waals surface area contributed by atoms with Crippen LogP contribution in [0.15, 0.2) is 64.1 Å². The molecular formula is C22H22BrNO4. The smallest absolute Gasteiger partial charge is 0.336 e. The normalized spacial score (nSPS) is 13.5. The van der Waals surface area contributed by atoms with E-state index in [1.54, 1.807) is 30.3 Å². The van der Waals surface area contributed by atoms with Gasteiger partial charge in [-0.25, -0.2) is 9.59 Å². The van der Waals surface area contributed by atoms with Crippen molar-refractivity contribution in [3.63, 3.8) is 0 Å². The van der Waals surface area contributed by atoms with Crippen molar-refractivity contribution in [3.05, 3.63) is 70.2 Å². The van der Waals surface area contributed by atoms with E-state index in [0.29, 0.717) is 5.75 Å². The van der Waals surface area contributed by atoms with Gasteiger partial charge in [-0.1, -0.05) is 48.3 Å². The molecule has 6 heteroatoms. The van der Waals surface area contributed by atoms with Crippen LogP contribution < -0.4 is 4.74 Å². The lowest BCUT2D eigenvalue weighted by molar-refractivity contribution is -0.139. The highest BCUT2D eigenvalue weighted by Crippen LogP contribution is 2.15. The Labute approximate surface area is 172 Å². The van der Waals surface area contributed by atoms with Crippen LogP contribution in [-0.4, -0.2) is 29.3 Å². The first-order valence-electron chi connectivity index (χ1n) is 8.90. The fourth-order valence-corrected chi connectivity index (χ4v) is 2.62. The Kier molecular flexibility index (Phi) is 8.14. The van der Waals surface area contributed by atoms with E-state index in [9.17, 15) is 14.7 Å². The first kappa shape index (κ1) is 21.6. The minimum atomic E-state index is -0.936. The second-order valence-electron chi connectivity index (χ2n) is 6.32. The van der Waals surface area contributed by atoms with Gasteiger partial charge in [-0.05, 0) is 59.5 Å². The van der Waals surface area contributed by atoms with Crippen molar-refractivity contribution in [2.24, 2.45) is 10.9 Å². The molecule has 0 fully saturated rings. The average molecular weight is 444 g/mol. The molecule has 1 N–H and O–H groups in total. The molecule has 0 radical (unpaired) electrons. The topological polar surface area (TPSA) is 76.0 Å². The summed E-state index contributed by atoms with van der Waals surface area (Å²) in [4.78, 5) is 27.4. The third-order valence-corrected chi connectivity index (χ3v) is 4.73. The lowest BCUT2D eigenvalue weighted by atomic mass is 10.00. The largest absolute Gasteiger partial charge is 0.480 e. The van der Waals surface area contributed by atoms with Crippen LogP contribution in [0.5, 0.6) is 5.75 Å². The number of carboxylic acids is 1. The zero-order valence-electron chi connectivity index (χ0n) is 15.7. The van der Waals surface area contributed by atoms with Crippen LogP contribution in [0.3, 0.4) is 0 Å². The van der Waals surface area contributed by atoms with E-state index < -0.39 is 18.0 Å². The van der Waals surface area contributed by atoms with Crippen LogP contribution in [0.25, 0.3) is 6.08 Å². The van der Waals surface area contributed by atoms with Crippen LogP contribution in [0.1, 0.15) is 31.4 Å². The second kappa shape index (κ2) is 10.6. The Morgan fingerprint density at radius 3 is 2.29 bits per heavy atom. The summed E-state index contributed by atoms with van der Waals surface area (Å²) in [5, 5.41) is 9.26. The van der Waals surface area contributed by atoms with Crippen LogP contribution in [0.4, 0.5) is 0 Å². The van der Waals surface area contributed by atoms with Crippen LogP contribution in [0.2, 0.25) is 0 Å². The predicted octanol–water partition coefficient (Wildman–Crippen LogP) is 4.99. The van der Waals surface area contributed by atoms with Crippen molar-refractivity contribution < 1.29 is 19.4 Å². The van der Waals surface area contributed by atoms with Gasteiger partial charge in [0, 0.05) is 16.8 Å². The monoisotopic (exact) mass is 443 g/mol. The minimum Gasteiger partial charge on any atom is -0.480 e. The standard InChI is InChI=1S/C22H22BrNO4/c1-3-15(2)21(22(26)27)24-14-17-6-11-19(12-7-17)28-20(25)13-8-16-4-9-18(23)10-5-16/h4-15,21H,3H2,1-2H3,(H,26,27)/b13-8+,24-14+. The Morgan fingerprint density at radius 2 is 1.71 bits per heavy atom. The molecule has 146 valence electrons. The number of hydrogen-bond donors (Lipinski definition) is 1. The van der Waals surface area contributed by atoms with Gasteiger partial charge in [-0.3, -0.25) is 4.99 Å². The number of carbonyl (C=O) groups is 2. The Bertz CT molecular complexity index is 857. The first-order chi connectivity index (χ1) is 13.4. The van der Waals surface area contributed by atoms with E-state index in [1.165, 1.54) is 12.3 Å². The summed E-state index contributed by atoms with van der Waals surface area (Å²) < 4.78 is 6.23. The van der Waals surface area contributed by atoms with Gasteiger partial charge in [0.05, 0.1) is 0 Å². The number of carbonyl (C=O) groups excluding carboxylic acids is 1. The van der Waals surface area contributed by atoms with Crippen molar-refractivity contribution in [2.75, 3.05) is 0 Å². The van der Waals surface area contributed by atoms with E-state index in [-0.39, 0.29) is 5.92 Å². The third-order valence-electron chi connectivity index (χ3n) is 4.20. The maximum absolute atomic E-state index is 11.9. The molecule has 28 heavy (non-hydrogen) atoms. The molecule has 0 saturated carbocycles. The number of rotatable bonds is 8. The first-order valence-corrected chi connectivity index (χ1v) is 9.70. The summed E-state index contributed by atoms with van der Waals surface area (Å²) in [7, 11) is 0. The van der Waals surface area contributed by atoms with Gasteiger partial charge in [-0.2, -0.15) is 0 Å². The molecule has 2 unspecified atom stereocenters. The zero-order valence-corrected chi connectivity index (χ0v) is 17.3. The van der Waals surface area contributed by atoms with E-state index in [1.807, 2.05) is 38.1 Å². The summed E-state index contributed by atoms with van der Waals surface area (Å²) in [6, 6.07) is 13.5. The third kappa shape index (κ3) is 6.78. The molecule has 0 bridgehead atoms. The molecule has 0 aliphatic rings. The quantitative estimate of drug-likeness (QED) is 0.270. The fraction of sp³-hybridized carbons (Fsp3) is 0.227. The zero-order chi connectivity index (χ0) is 20.5. The molecule has 0 amide bonds. The summed E-state index contributed by atoms with van der Waals surface area (Å²) >= 11 is 3.36. The number of aliphatic carboxylic acids is 1. The number of aliphatic imine (C=N–C) groups is 1. The van der Waals surface area contributed by atoms with Crippen LogP contribution in [0, 0.1) is 5.92 Å². The number of halogens is 1. The summed E-state index contributed by atoms with van der Waals surface area (Å²) in [6.45, 7) is 3.80. The van der Waals surface area contributed by atoms with Gasteiger partial charge in [0.15, 0.2) is 0 Å². The number of hydrogen-bond acceptors (Lipinski definition) is 4. The molecule has 0 saturated heterocycles. The highest BCUT2D eigenvalue weighted by Gasteiger charge is 2.21. The van der Waals surface area contributed by atoms with Gasteiger partial charge in [0.1, 0.15) is 11.8 Å². The molecule has 2 atom stereocenters. The van der Waals surface area contributed by atoms with Gasteiger partial charge in [0.2, 0.25) is 0 Å². The van der Waals surface area contributed by atoms with Gasteiger partial charge >= 0.3 is 11.9 Å². The minimum absolute atomic E-state index is 0.0495. The van der Waals surface area contributed by atoms with Gasteiger partial charge in [-0.15, -0.1) is 0 Å². The molecule has 0 aliphatic heterocycles. The van der Waals surface area contributed by atoms with Crippen molar-refractivity contribution in [1.82, 2.24) is 0 Å². The summed E-state index contributed by atoms with van der Waals surface area (Å²) in [6.07, 6.45) is 5.31. The maximum Gasteiger partial charge on any atom is 0.336 e. The molecule has 0 aromatic heterocycles. The number of carboxylic acid groups (broad SMARTS) is 1. The molecule has 0 spiro atoms. The Balaban J connectivity index is 1.96. The maximum atomic E-state index is 11.9. The molecule has 2 rings (SSSR count). The van der Waals surface area contributed by atoms with E-state index in [0.717, 1.165) is 22.0 Å². The average Bonchev–Trinajstić information content (AvgIpc) is 2.68. The highest BCUT2D eigenvalue weighted by molar-refractivity contribution is 9.10. The molecular weight excluding hydrogens is 422 g/mol. The lowest BCUT2D eigenvalue weighted by Gasteiger charge is -2.13. The number of ether oxygens (including phenoxy) is 1. The SMILES string of the molecule is CCC(C)C(/N=C/c1ccc(OC(=O)/C=C/c2ccc(Br)cc2)cc1)C(=O)O. The van der Waals surface area contributed by atoms with Crippen molar-refractivity contribution in [2.45, 2.75) is 26.3 Å². The predicted molar refractivity (Wildman–Crippen MR) is 114 cm³/mol. The van der Waals surface area contributed by atoms with Crippen molar-refractivity contribution >= 4 is 40.2 Å². The number of benzene rings is 2. The molecule has 2 aromatic carbocycles. The van der Waals surface area contributed by atoms with Gasteiger partial charge < -0.3 is 9.84 Å². The molecule has 5 nitrogen and oxygen atoms in total. The number of esters is 1. The van der Waals surface area contributed by atoms with Crippen LogP contribution in [-0.2, 0) is 9.59 Å². The fourth-order valence-electron chi connectivity index (χ4n) is 2.35. The second-order valence-corrected chi connectivity index (χ2v) is 7.24. The van der Waals surface area contributed by atoms with Crippen molar-refractivity contribution in [1.29, 1.82) is 0 Å². The summed E-state index contributed by atoms with van der Waals surface area (Å²) in [5.41, 5.74) is 1.63. The van der Waals surface area contributed by atoms with Crippen LogP contribution >= 0.6 is 15.9 Å². The molecule has 0 aliphatic carbocycles. The van der Waals surface area contributed by atoms with Gasteiger partial charge in [0.25, 0.3) is 0 Å². The lowest BCUT2D eigenvalue weighted by Crippen LogP contribution is -2.25. The highest BCUT2D eigenvalue weighted by atomic mass is 79.9.